The number of hydrogen-bond acceptors (Lipinski definition) is 26. The van der Waals surface area contributed by atoms with E-state index in [2.05, 4.69) is 19.6 Å². The molecule has 0 aliphatic carbocycles. The Balaban J connectivity index is -0.0000000558. The summed E-state index contributed by atoms with van der Waals surface area (Å²) in [6.45, 7) is 10.0. The van der Waals surface area contributed by atoms with E-state index in [1.807, 2.05) is 0 Å². The predicted molar refractivity (Wildman–Crippen MR) is 168 cm³/mol. The average Bonchev–Trinajstić information content (AvgIpc) is 2.88. The Morgan fingerprint density at radius 1 is 0.340 bits per heavy atom. The molecule has 0 spiro atoms. The molecule has 1 aliphatic heterocycles. The molecule has 37 heteroatoms. The fourth-order valence-electron chi connectivity index (χ4n) is 3.04. The van der Waals surface area contributed by atoms with Crippen LogP contribution in [0.1, 0.15) is 0 Å². The molecule has 0 unspecified atom stereocenters. The predicted octanol–water partition coefficient (Wildman–Crippen LogP) is -6.83. The molecule has 0 aromatic heterocycles. The zero-order valence-electron chi connectivity index (χ0n) is 27.7. The van der Waals surface area contributed by atoms with E-state index in [0.29, 0.717) is 26.2 Å². The number of aliphatic hydroxyl groups is 4. The van der Waals surface area contributed by atoms with E-state index in [9.17, 15) is 20.4 Å². The second-order valence-electron chi connectivity index (χ2n) is 7.60. The fraction of sp³-hybridized carbons (Fsp3) is 1.00. The van der Waals surface area contributed by atoms with Crippen LogP contribution in [0.25, 0.3) is 0 Å². The summed E-state index contributed by atoms with van der Waals surface area (Å²) in [5, 5.41) is 126. The monoisotopic (exact) mass is 1060 g/mol. The molecule has 1 saturated heterocycles. The van der Waals surface area contributed by atoms with Crippen molar-refractivity contribution in [1.29, 1.82) is 0 Å². The van der Waals surface area contributed by atoms with E-state index in [1.165, 1.54) is 0 Å². The zero-order valence-corrected chi connectivity index (χ0v) is 35.1. The van der Waals surface area contributed by atoms with Gasteiger partial charge in [-0.2, -0.15) is 0 Å². The van der Waals surface area contributed by atoms with Crippen LogP contribution in [0, 0.1) is 175 Å². The first kappa shape index (κ1) is 79.3. The number of rotatable bonds is 8. The number of nitrogens with zero attached hydrogens (tertiary/aromatic N) is 10. The molecule has 0 atom stereocenters. The Bertz CT molecular complexity index is 643. The third-order valence-electron chi connectivity index (χ3n) is 4.59. The first-order chi connectivity index (χ1) is 22.1. The molecule has 1 fully saturated rings. The van der Waals surface area contributed by atoms with Crippen molar-refractivity contribution in [3.63, 3.8) is 0 Å². The summed E-state index contributed by atoms with van der Waals surface area (Å²) in [6.07, 6.45) is 0. The zero-order chi connectivity index (χ0) is 39.1. The largest absolute Gasteiger partial charge is 3.00 e. The van der Waals surface area contributed by atoms with Gasteiger partial charge in [-0.05, 0) is 0 Å². The van der Waals surface area contributed by atoms with Crippen LogP contribution < -0.4 is 0 Å². The van der Waals surface area contributed by atoms with Crippen LogP contribution in [-0.2, 0) is 5.48 Å². The summed E-state index contributed by atoms with van der Waals surface area (Å²) in [7, 11) is 0. The summed E-state index contributed by atoms with van der Waals surface area (Å²) < 4.78 is 0. The first-order valence-corrected chi connectivity index (χ1v) is 12.3. The molecule has 0 amide bonds. The normalized spacial score (nSPS) is 12.5. The molecule has 1 aliphatic rings. The molecule has 53 heavy (non-hydrogen) atoms. The molecule has 0 bridgehead atoms. The fourth-order valence-corrected chi connectivity index (χ4v) is 3.04. The molecular weight excluding hydrogens is 1010 g/mol. The van der Waals surface area contributed by atoms with Crippen molar-refractivity contribution in [3.8, 4) is 0 Å². The minimum absolute atomic E-state index is 0. The van der Waals surface area contributed by atoms with Crippen molar-refractivity contribution < 1.29 is 150 Å². The van der Waals surface area contributed by atoms with Crippen LogP contribution in [0.5, 0.6) is 0 Å². The first-order valence-electron chi connectivity index (χ1n) is 12.3. The van der Waals surface area contributed by atoms with Gasteiger partial charge in [0.1, 0.15) is 0 Å². The Hall–Kier alpha value is -2.51. The summed E-state index contributed by atoms with van der Waals surface area (Å²) in [6, 6.07) is 0. The number of β-amino-alcohol motifs (C(OH)–C–C–N with tert-alkyl or cyclic N) is 4. The maximum absolute atomic E-state index is 9.26. The topological polar surface area (TPSA) is 587 Å². The van der Waals surface area contributed by atoms with E-state index in [0.717, 1.165) is 52.4 Å². The van der Waals surface area contributed by atoms with E-state index in [1.54, 1.807) is 0 Å². The van der Waals surface area contributed by atoms with Crippen LogP contribution in [0.15, 0.2) is 0 Å². The molecule has 0 saturated carbocycles. The third-order valence-corrected chi connectivity index (χ3v) is 4.59. The van der Waals surface area contributed by atoms with E-state index < -0.39 is 30.5 Å². The molecule has 11 N–H and O–H groups in total. The van der Waals surface area contributed by atoms with Crippen molar-refractivity contribution in [3.05, 3.63) is 91.9 Å². The summed E-state index contributed by atoms with van der Waals surface area (Å²) >= 11 is 0. The van der Waals surface area contributed by atoms with Gasteiger partial charge in [0.05, 0.1) is 56.9 Å². The maximum Gasteiger partial charge on any atom is 3.00 e. The van der Waals surface area contributed by atoms with Gasteiger partial charge in [-0.3, -0.25) is 19.6 Å². The molecule has 1 rings (SSSR count). The Labute approximate surface area is 363 Å². The molecule has 35 nitrogen and oxygen atoms in total. The third kappa shape index (κ3) is 128. The van der Waals surface area contributed by atoms with Crippen LogP contribution in [0.2, 0.25) is 0 Å². The average molecular weight is 1060 g/mol. The van der Waals surface area contributed by atoms with Crippen molar-refractivity contribution in [2.24, 2.45) is 0 Å². The maximum atomic E-state index is 9.26. The van der Waals surface area contributed by atoms with Crippen molar-refractivity contribution in [2.75, 3.05) is 105 Å². The van der Waals surface area contributed by atoms with Crippen molar-refractivity contribution >= 4 is 0 Å². The van der Waals surface area contributed by atoms with Gasteiger partial charge in [0.25, 0.3) is 0 Å². The minimum atomic E-state index is -1.75. The van der Waals surface area contributed by atoms with E-state index in [4.69, 9.17) is 91.9 Å². The molecule has 312 valence electrons. The quantitative estimate of drug-likeness (QED) is 0.0997. The van der Waals surface area contributed by atoms with Crippen LogP contribution in [-0.4, -0.2) is 186 Å². The van der Waals surface area contributed by atoms with Gasteiger partial charge in [0.2, 0.25) is 0 Å². The molecular formula is C16H43N10O25Pr2+. The number of hydrogen-bond donors (Lipinski definition) is 4. The Morgan fingerprint density at radius 2 is 0.415 bits per heavy atom. The number of aliphatic hydroxyl groups excluding tert-OH is 4. The van der Waals surface area contributed by atoms with Crippen molar-refractivity contribution in [1.82, 2.24) is 19.6 Å². The minimum Gasteiger partial charge on any atom is -0.457 e. The van der Waals surface area contributed by atoms with Gasteiger partial charge in [-0.25, -0.2) is 0 Å². The van der Waals surface area contributed by atoms with Crippen LogP contribution in [0.4, 0.5) is 0 Å². The molecule has 0 aromatic rings. The van der Waals surface area contributed by atoms with E-state index >= 15 is 0 Å². The second-order valence-corrected chi connectivity index (χ2v) is 7.60. The summed E-state index contributed by atoms with van der Waals surface area (Å²) in [4.78, 5) is 58.5. The van der Waals surface area contributed by atoms with E-state index in [-0.39, 0.29) is 125 Å². The smallest absolute Gasteiger partial charge is 0.457 e. The Kier molecular flexibility index (Phi) is 92.0. The van der Waals surface area contributed by atoms with Crippen molar-refractivity contribution in [2.45, 2.75) is 0 Å². The standard InChI is InChI=1S/C16H36N4O4.6NO3.3H2O.2Pr/c21-13-9-17-1-2-18(10-14-22)5-6-20(12-16-24)8-7-19(4-3-17)11-15-23;6*2-1(3)4;;;;;/h21-24H,1-16H2;;;;;;;3*1H2;;/q;6*-1;;;;2*+3/p+1. The second kappa shape index (κ2) is 61.5. The SMILES string of the molecule is O.O.O=[N+]([O-])[O-].O=[N+]([O-])[O-].O=[N+]([O-])[O-].O=[N+]([O-])[O-].O=[N+]([O-])[O-].O=[N+]([O-])[O-].OCCN1CCN(CCO)CCN(CCO)CCN(CCO)CC1.[OH3+].[Pr+3].[Pr+3]. The molecule has 0 aromatic carbocycles. The van der Waals surface area contributed by atoms with Gasteiger partial charge >= 0.3 is 82.6 Å². The summed E-state index contributed by atoms with van der Waals surface area (Å²) in [5.41, 5.74) is 0. The molecule has 1 heterocycles. The van der Waals surface area contributed by atoms with Crippen LogP contribution in [0.3, 0.4) is 0 Å². The van der Waals surface area contributed by atoms with Gasteiger partial charge in [0, 0.05) is 78.5 Å². The van der Waals surface area contributed by atoms with Gasteiger partial charge in [0.15, 0.2) is 0 Å². The molecule has 0 radical (unpaired) electrons. The van der Waals surface area contributed by atoms with Crippen LogP contribution >= 0.6 is 0 Å². The van der Waals surface area contributed by atoms with Gasteiger partial charge < -0.3 is 129 Å². The Morgan fingerprint density at radius 3 is 0.472 bits per heavy atom. The van der Waals surface area contributed by atoms with Gasteiger partial charge in [-0.1, -0.05) is 0 Å². The van der Waals surface area contributed by atoms with Gasteiger partial charge in [-0.15, -0.1) is 0 Å². The summed E-state index contributed by atoms with van der Waals surface area (Å²) in [5.74, 6) is 0.